The molecule has 1 aliphatic carbocycles. The summed E-state index contributed by atoms with van der Waals surface area (Å²) in [5, 5.41) is 0. The molecule has 1 aliphatic rings. The van der Waals surface area contributed by atoms with Gasteiger partial charge in [-0.05, 0) is 72.5 Å². The molecule has 2 atom stereocenters. The molecule has 0 bridgehead atoms. The molecule has 0 aliphatic heterocycles. The molecule has 3 nitrogen and oxygen atoms in total. The van der Waals surface area contributed by atoms with Gasteiger partial charge in [0, 0.05) is 17.5 Å². The Labute approximate surface area is 123 Å². The molecule has 5 heteroatoms. The van der Waals surface area contributed by atoms with Gasteiger partial charge in [0.05, 0.1) is 6.04 Å². The van der Waals surface area contributed by atoms with Crippen LogP contribution in [-0.2, 0) is 15.8 Å². The van der Waals surface area contributed by atoms with Gasteiger partial charge in [-0.2, -0.15) is 0 Å². The zero-order valence-corrected chi connectivity index (χ0v) is 15.4. The summed E-state index contributed by atoms with van der Waals surface area (Å²) in [5.74, 6) is 0.703. The van der Waals surface area contributed by atoms with Gasteiger partial charge in [-0.25, -0.2) is 0 Å². The van der Waals surface area contributed by atoms with Crippen molar-refractivity contribution in [2.24, 2.45) is 5.92 Å². The Morgan fingerprint density at radius 1 is 1.32 bits per heavy atom. The van der Waals surface area contributed by atoms with Crippen LogP contribution in [0, 0.1) is 5.92 Å². The summed E-state index contributed by atoms with van der Waals surface area (Å²) in [7, 11) is -1.68. The van der Waals surface area contributed by atoms with Crippen LogP contribution in [-0.4, -0.2) is 29.8 Å². The van der Waals surface area contributed by atoms with Crippen LogP contribution in [0.2, 0.25) is 19.1 Å². The highest BCUT2D eigenvalue weighted by Gasteiger charge is 2.41. The largest absolute Gasteiger partial charge is 0.598 e. The fourth-order valence-corrected chi connectivity index (χ4v) is 6.25. The van der Waals surface area contributed by atoms with Gasteiger partial charge < -0.3 is 8.98 Å². The van der Waals surface area contributed by atoms with Crippen molar-refractivity contribution in [1.82, 2.24) is 4.72 Å². The SMILES string of the molecule is CC(C)O[Si](C)(C)CC(N[S+]([O-])C(C)(C)C)C1CC1. The van der Waals surface area contributed by atoms with E-state index in [1.54, 1.807) is 0 Å². The molecule has 1 fully saturated rings. The van der Waals surface area contributed by atoms with Crippen molar-refractivity contribution in [2.75, 3.05) is 0 Å². The molecular weight excluding hydrogens is 274 g/mol. The molecule has 0 radical (unpaired) electrons. The van der Waals surface area contributed by atoms with E-state index in [1.807, 2.05) is 20.8 Å². The van der Waals surface area contributed by atoms with Gasteiger partial charge in [-0.1, -0.05) is 0 Å². The van der Waals surface area contributed by atoms with E-state index in [1.165, 1.54) is 12.8 Å². The Hall–Kier alpha value is 0.447. The van der Waals surface area contributed by atoms with E-state index in [-0.39, 0.29) is 10.9 Å². The lowest BCUT2D eigenvalue weighted by molar-refractivity contribution is 0.228. The van der Waals surface area contributed by atoms with E-state index in [9.17, 15) is 4.55 Å². The summed E-state index contributed by atoms with van der Waals surface area (Å²) in [6.07, 6.45) is 2.82. The van der Waals surface area contributed by atoms with E-state index in [2.05, 4.69) is 31.7 Å². The standard InChI is InChI=1S/C14H31NO2SSi/c1-11(2)17-19(6,7)10-13(12-8-9-12)15-18(16)14(3,4)5/h11-13,15H,8-10H2,1-7H3. The molecule has 1 saturated carbocycles. The van der Waals surface area contributed by atoms with Crippen molar-refractivity contribution in [1.29, 1.82) is 0 Å². The zero-order chi connectivity index (χ0) is 14.8. The summed E-state index contributed by atoms with van der Waals surface area (Å²) in [6, 6.07) is 1.41. The fourth-order valence-electron chi connectivity index (χ4n) is 2.33. The van der Waals surface area contributed by atoms with Crippen molar-refractivity contribution in [3.63, 3.8) is 0 Å². The van der Waals surface area contributed by atoms with Crippen LogP contribution in [0.15, 0.2) is 0 Å². The molecule has 0 aromatic carbocycles. The molecule has 1 rings (SSSR count). The highest BCUT2D eigenvalue weighted by Crippen LogP contribution is 2.37. The predicted octanol–water partition coefficient (Wildman–Crippen LogP) is 3.45. The maximum absolute atomic E-state index is 12.3. The lowest BCUT2D eigenvalue weighted by atomic mass is 10.2. The highest BCUT2D eigenvalue weighted by molar-refractivity contribution is 7.90. The third kappa shape index (κ3) is 6.62. The first-order chi connectivity index (χ1) is 8.51. The fraction of sp³-hybridized carbons (Fsp3) is 1.00. The number of hydrogen-bond donors (Lipinski definition) is 1. The Kier molecular flexibility index (Phi) is 5.96. The zero-order valence-electron chi connectivity index (χ0n) is 13.6. The van der Waals surface area contributed by atoms with Crippen molar-refractivity contribution in [2.45, 2.75) is 83.5 Å². The van der Waals surface area contributed by atoms with Crippen LogP contribution in [0.5, 0.6) is 0 Å². The summed E-state index contributed by atoms with van der Waals surface area (Å²) < 4.78 is 21.6. The average Bonchev–Trinajstić information content (AvgIpc) is 2.94. The molecule has 1 N–H and O–H groups in total. The molecule has 0 spiro atoms. The summed E-state index contributed by atoms with van der Waals surface area (Å²) >= 11 is -0.979. The monoisotopic (exact) mass is 305 g/mol. The first kappa shape index (κ1) is 17.5. The number of nitrogens with one attached hydrogen (secondary N) is 1. The smallest absolute Gasteiger partial charge is 0.188 e. The maximum atomic E-state index is 12.3. The summed E-state index contributed by atoms with van der Waals surface area (Å²) in [5.41, 5.74) is 0. The molecule has 0 aromatic rings. The topological polar surface area (TPSA) is 44.3 Å². The van der Waals surface area contributed by atoms with E-state index in [0.717, 1.165) is 6.04 Å². The lowest BCUT2D eigenvalue weighted by Crippen LogP contribution is -2.49. The highest BCUT2D eigenvalue weighted by atomic mass is 32.2. The van der Waals surface area contributed by atoms with Crippen LogP contribution < -0.4 is 4.72 Å². The van der Waals surface area contributed by atoms with Gasteiger partial charge in [-0.3, -0.25) is 0 Å². The minimum atomic E-state index is -1.68. The molecule has 0 amide bonds. The first-order valence-corrected chi connectivity index (χ1v) is 11.6. The Bertz CT molecular complexity index is 288. The summed E-state index contributed by atoms with van der Waals surface area (Å²) in [4.78, 5) is 0. The number of rotatable bonds is 7. The van der Waals surface area contributed by atoms with Crippen molar-refractivity contribution < 1.29 is 8.98 Å². The van der Waals surface area contributed by atoms with Crippen LogP contribution in [0.3, 0.4) is 0 Å². The third-order valence-electron chi connectivity index (χ3n) is 3.27. The number of hydrogen-bond acceptors (Lipinski definition) is 3. The van der Waals surface area contributed by atoms with Crippen LogP contribution in [0.1, 0.15) is 47.5 Å². The first-order valence-electron chi connectivity index (χ1n) is 7.37. The van der Waals surface area contributed by atoms with Crippen LogP contribution in [0.25, 0.3) is 0 Å². The molecule has 2 unspecified atom stereocenters. The second-order valence-corrected chi connectivity index (χ2v) is 13.7. The van der Waals surface area contributed by atoms with Crippen molar-refractivity contribution >= 4 is 19.7 Å². The minimum Gasteiger partial charge on any atom is -0.598 e. The van der Waals surface area contributed by atoms with Gasteiger partial charge in [0.25, 0.3) is 0 Å². The second kappa shape index (κ2) is 6.48. The van der Waals surface area contributed by atoms with Gasteiger partial charge in [0.1, 0.15) is 4.75 Å². The Morgan fingerprint density at radius 3 is 2.21 bits per heavy atom. The second-order valence-electron chi connectivity index (χ2n) is 7.57. The summed E-state index contributed by atoms with van der Waals surface area (Å²) in [6.45, 7) is 14.8. The minimum absolute atomic E-state index is 0.197. The Balaban J connectivity index is 2.58. The average molecular weight is 306 g/mol. The molecule has 114 valence electrons. The molecule has 0 heterocycles. The Morgan fingerprint density at radius 2 is 1.84 bits per heavy atom. The van der Waals surface area contributed by atoms with E-state index >= 15 is 0 Å². The lowest BCUT2D eigenvalue weighted by Gasteiger charge is -2.33. The van der Waals surface area contributed by atoms with E-state index in [0.29, 0.717) is 12.0 Å². The predicted molar refractivity (Wildman–Crippen MR) is 86.1 cm³/mol. The van der Waals surface area contributed by atoms with Gasteiger partial charge in [0.15, 0.2) is 8.32 Å². The molecule has 0 aromatic heterocycles. The van der Waals surface area contributed by atoms with Crippen molar-refractivity contribution in [3.05, 3.63) is 0 Å². The van der Waals surface area contributed by atoms with E-state index in [4.69, 9.17) is 4.43 Å². The quantitative estimate of drug-likeness (QED) is 0.579. The van der Waals surface area contributed by atoms with E-state index < -0.39 is 19.7 Å². The van der Waals surface area contributed by atoms with Crippen LogP contribution >= 0.6 is 0 Å². The van der Waals surface area contributed by atoms with Gasteiger partial charge >= 0.3 is 0 Å². The van der Waals surface area contributed by atoms with Crippen molar-refractivity contribution in [3.8, 4) is 0 Å². The van der Waals surface area contributed by atoms with Crippen LogP contribution in [0.4, 0.5) is 0 Å². The normalized spacial score (nSPS) is 20.7. The van der Waals surface area contributed by atoms with Gasteiger partial charge in [0.2, 0.25) is 0 Å². The molecule has 19 heavy (non-hydrogen) atoms. The maximum Gasteiger partial charge on any atom is 0.188 e. The molecule has 0 saturated heterocycles. The van der Waals surface area contributed by atoms with Gasteiger partial charge in [-0.15, -0.1) is 4.72 Å². The third-order valence-corrected chi connectivity index (χ3v) is 7.43. The molecular formula is C14H31NO2SSi.